The normalized spacial score (nSPS) is 12.8. The summed E-state index contributed by atoms with van der Waals surface area (Å²) in [4.78, 5) is 24.5. The number of carbonyl (C=O) groups is 2. The zero-order valence-corrected chi connectivity index (χ0v) is 44.2. The predicted molar refractivity (Wildman–Crippen MR) is 287 cm³/mol. The van der Waals surface area contributed by atoms with Gasteiger partial charge in [0.25, 0.3) is 0 Å². The molecule has 0 aromatic rings. The number of hydrogen-bond donors (Lipinski definition) is 3. The largest absolute Gasteiger partial charge is 0.466 e. The Morgan fingerprint density at radius 3 is 1.08 bits per heavy atom. The Morgan fingerprint density at radius 1 is 0.409 bits per heavy atom. The van der Waals surface area contributed by atoms with Gasteiger partial charge in [0.1, 0.15) is 0 Å². The molecule has 2 unspecified atom stereocenters. The number of carbonyl (C=O) groups excluding carboxylic acids is 2. The summed E-state index contributed by atoms with van der Waals surface area (Å²) in [6.07, 6.45) is 68.8. The van der Waals surface area contributed by atoms with Crippen molar-refractivity contribution in [1.82, 2.24) is 5.32 Å². The second-order valence-electron chi connectivity index (χ2n) is 20.0. The highest BCUT2D eigenvalue weighted by Gasteiger charge is 2.18. The maximum atomic E-state index is 12.4. The zero-order chi connectivity index (χ0) is 47.9. The molecule has 6 nitrogen and oxygen atoms in total. The van der Waals surface area contributed by atoms with Crippen LogP contribution in [0.1, 0.15) is 309 Å². The minimum Gasteiger partial charge on any atom is -0.466 e. The van der Waals surface area contributed by atoms with Crippen molar-refractivity contribution in [3.63, 3.8) is 0 Å². The number of allylic oxidation sites excluding steroid dienone is 5. The van der Waals surface area contributed by atoms with E-state index in [0.717, 1.165) is 51.4 Å². The topological polar surface area (TPSA) is 95.9 Å². The average Bonchev–Trinajstić information content (AvgIpc) is 3.32. The fourth-order valence-corrected chi connectivity index (χ4v) is 8.86. The minimum absolute atomic E-state index is 0.00123. The van der Waals surface area contributed by atoms with Crippen LogP contribution in [0.5, 0.6) is 0 Å². The van der Waals surface area contributed by atoms with Crippen LogP contribution in [-0.4, -0.2) is 47.4 Å². The molecular weight excluding hydrogens is 815 g/mol. The molecule has 0 aliphatic carbocycles. The molecule has 0 aromatic heterocycles. The quantitative estimate of drug-likeness (QED) is 0.0321. The minimum atomic E-state index is -0.849. The van der Waals surface area contributed by atoms with Crippen molar-refractivity contribution in [3.05, 3.63) is 36.5 Å². The van der Waals surface area contributed by atoms with Crippen molar-refractivity contribution >= 4 is 11.9 Å². The fourth-order valence-electron chi connectivity index (χ4n) is 8.86. The van der Waals surface area contributed by atoms with Crippen molar-refractivity contribution in [2.75, 3.05) is 13.2 Å². The molecule has 0 bridgehead atoms. The summed E-state index contributed by atoms with van der Waals surface area (Å²) in [7, 11) is 0. The molecule has 66 heavy (non-hydrogen) atoms. The van der Waals surface area contributed by atoms with E-state index in [-0.39, 0.29) is 18.5 Å². The van der Waals surface area contributed by atoms with Gasteiger partial charge >= 0.3 is 5.97 Å². The molecule has 388 valence electrons. The van der Waals surface area contributed by atoms with Crippen LogP contribution in [0.3, 0.4) is 0 Å². The predicted octanol–water partition coefficient (Wildman–Crippen LogP) is 18.0. The molecule has 0 saturated heterocycles. The first-order valence-electron chi connectivity index (χ1n) is 29.3. The lowest BCUT2D eigenvalue weighted by molar-refractivity contribution is -0.143. The van der Waals surface area contributed by atoms with Gasteiger partial charge in [0.15, 0.2) is 0 Å². The van der Waals surface area contributed by atoms with Gasteiger partial charge in [-0.1, -0.05) is 249 Å². The van der Waals surface area contributed by atoms with E-state index in [1.807, 2.05) is 6.08 Å². The van der Waals surface area contributed by atoms with E-state index in [2.05, 4.69) is 43.5 Å². The molecule has 2 atom stereocenters. The zero-order valence-electron chi connectivity index (χ0n) is 44.2. The molecule has 6 heteroatoms. The first-order chi connectivity index (χ1) is 32.5. The Balaban J connectivity index is 3.45. The van der Waals surface area contributed by atoms with Gasteiger partial charge in [0, 0.05) is 12.8 Å². The van der Waals surface area contributed by atoms with Crippen LogP contribution in [0.25, 0.3) is 0 Å². The number of unbranched alkanes of at least 4 members (excludes halogenated alkanes) is 39. The number of hydrogen-bond acceptors (Lipinski definition) is 5. The van der Waals surface area contributed by atoms with Gasteiger partial charge in [-0.2, -0.15) is 0 Å². The van der Waals surface area contributed by atoms with Gasteiger partial charge in [-0.25, -0.2) is 0 Å². The number of ether oxygens (including phenoxy) is 1. The van der Waals surface area contributed by atoms with E-state index in [9.17, 15) is 19.8 Å². The van der Waals surface area contributed by atoms with Crippen LogP contribution in [-0.2, 0) is 14.3 Å². The molecule has 0 aromatic carbocycles. The monoisotopic (exact) mass is 928 g/mol. The van der Waals surface area contributed by atoms with E-state index in [1.54, 1.807) is 6.08 Å². The van der Waals surface area contributed by atoms with Crippen molar-refractivity contribution < 1.29 is 24.5 Å². The third kappa shape index (κ3) is 51.5. The Morgan fingerprint density at radius 2 is 0.712 bits per heavy atom. The van der Waals surface area contributed by atoms with Gasteiger partial charge in [-0.15, -0.1) is 0 Å². The van der Waals surface area contributed by atoms with E-state index in [4.69, 9.17) is 4.74 Å². The summed E-state index contributed by atoms with van der Waals surface area (Å²) in [5.41, 5.74) is 0. The number of aliphatic hydroxyl groups is 2. The van der Waals surface area contributed by atoms with Crippen LogP contribution in [0.4, 0.5) is 0 Å². The number of amides is 1. The smallest absolute Gasteiger partial charge is 0.305 e. The molecule has 0 radical (unpaired) electrons. The Kier molecular flexibility index (Phi) is 54.1. The molecular formula is C60H113NO5. The van der Waals surface area contributed by atoms with Gasteiger partial charge in [-0.3, -0.25) is 9.59 Å². The molecule has 0 aliphatic heterocycles. The molecule has 1 amide bonds. The molecule has 0 aliphatic rings. The summed E-state index contributed by atoms with van der Waals surface area (Å²) >= 11 is 0. The first-order valence-corrected chi connectivity index (χ1v) is 29.3. The SMILES string of the molecule is CCCCCCC/C=C\CCCCCCCC(=O)OCCCCCCCCCCCC/C=C\CCCCCCCCCC(=O)NC(CO)C(O)/C=C/CCCCCCCCCCCCCC. The summed E-state index contributed by atoms with van der Waals surface area (Å²) in [6.45, 7) is 4.89. The van der Waals surface area contributed by atoms with E-state index >= 15 is 0 Å². The molecule has 0 heterocycles. The Hall–Kier alpha value is -1.92. The van der Waals surface area contributed by atoms with E-state index < -0.39 is 12.1 Å². The number of nitrogens with one attached hydrogen (secondary N) is 1. The summed E-state index contributed by atoms with van der Waals surface area (Å²) < 4.78 is 5.47. The van der Waals surface area contributed by atoms with Gasteiger partial charge in [0.05, 0.1) is 25.4 Å². The maximum absolute atomic E-state index is 12.4. The average molecular weight is 929 g/mol. The van der Waals surface area contributed by atoms with Crippen molar-refractivity contribution in [3.8, 4) is 0 Å². The standard InChI is InChI=1S/C60H113NO5/c1-3-5-7-9-11-13-15-17-28-32-36-40-44-48-52-58(63)57(56-62)61-59(64)53-49-45-41-37-33-29-26-24-22-20-19-21-23-25-27-31-35-39-43-47-51-55-66-60(65)54-50-46-42-38-34-30-18-16-14-12-10-8-6-4-2/h16,18,20,22,48,52,57-58,62-63H,3-15,17,19,21,23-47,49-51,53-56H2,1-2H3,(H,61,64)/b18-16-,22-20-,52-48+. The first kappa shape index (κ1) is 64.1. The van der Waals surface area contributed by atoms with Crippen molar-refractivity contribution in [1.29, 1.82) is 0 Å². The molecule has 0 rings (SSSR count). The molecule has 0 fully saturated rings. The van der Waals surface area contributed by atoms with Crippen LogP contribution in [0.2, 0.25) is 0 Å². The number of aliphatic hydroxyl groups excluding tert-OH is 2. The van der Waals surface area contributed by atoms with E-state index in [1.165, 1.54) is 231 Å². The second-order valence-corrected chi connectivity index (χ2v) is 20.0. The number of esters is 1. The third-order valence-electron chi connectivity index (χ3n) is 13.4. The lowest BCUT2D eigenvalue weighted by Crippen LogP contribution is -2.45. The van der Waals surface area contributed by atoms with E-state index in [0.29, 0.717) is 19.4 Å². The maximum Gasteiger partial charge on any atom is 0.305 e. The number of rotatable bonds is 54. The van der Waals surface area contributed by atoms with Crippen LogP contribution in [0.15, 0.2) is 36.5 Å². The molecule has 3 N–H and O–H groups in total. The Labute approximate surface area is 411 Å². The van der Waals surface area contributed by atoms with Crippen LogP contribution >= 0.6 is 0 Å². The van der Waals surface area contributed by atoms with Gasteiger partial charge < -0.3 is 20.3 Å². The second kappa shape index (κ2) is 55.7. The summed E-state index contributed by atoms with van der Waals surface area (Å²) in [6, 6.07) is -0.633. The fraction of sp³-hybridized carbons (Fsp3) is 0.867. The highest BCUT2D eigenvalue weighted by molar-refractivity contribution is 5.76. The molecule has 0 saturated carbocycles. The highest BCUT2D eigenvalue weighted by atomic mass is 16.5. The lowest BCUT2D eigenvalue weighted by Gasteiger charge is -2.20. The van der Waals surface area contributed by atoms with Gasteiger partial charge in [-0.05, 0) is 83.5 Å². The van der Waals surface area contributed by atoms with Crippen molar-refractivity contribution in [2.45, 2.75) is 321 Å². The van der Waals surface area contributed by atoms with Crippen LogP contribution < -0.4 is 5.32 Å². The highest BCUT2D eigenvalue weighted by Crippen LogP contribution is 2.16. The summed E-state index contributed by atoms with van der Waals surface area (Å²) in [5, 5.41) is 23.1. The van der Waals surface area contributed by atoms with Crippen LogP contribution in [0, 0.1) is 0 Å². The van der Waals surface area contributed by atoms with Crippen molar-refractivity contribution in [2.24, 2.45) is 0 Å². The summed E-state index contributed by atoms with van der Waals surface area (Å²) in [5.74, 6) is -0.0769. The third-order valence-corrected chi connectivity index (χ3v) is 13.4. The van der Waals surface area contributed by atoms with Gasteiger partial charge in [0.2, 0.25) is 5.91 Å². The lowest BCUT2D eigenvalue weighted by atomic mass is 10.0. The Bertz CT molecular complexity index is 1070. The molecule has 0 spiro atoms.